The van der Waals surface area contributed by atoms with Gasteiger partial charge in [0.05, 0.1) is 12.7 Å². The number of hydrogen-bond acceptors (Lipinski definition) is 4. The van der Waals surface area contributed by atoms with Crippen molar-refractivity contribution in [3.05, 3.63) is 22.3 Å². The molecule has 0 unspecified atom stereocenters. The quantitative estimate of drug-likeness (QED) is 0.738. The summed E-state index contributed by atoms with van der Waals surface area (Å²) in [5.41, 5.74) is 1.09. The van der Waals surface area contributed by atoms with Crippen LogP contribution >= 0.6 is 22.7 Å². The van der Waals surface area contributed by atoms with Gasteiger partial charge in [0.15, 0.2) is 0 Å². The number of thiazole rings is 1. The zero-order chi connectivity index (χ0) is 8.39. The lowest BCUT2D eigenvalue weighted by molar-refractivity contribution is 0.418. The molecule has 2 aromatic rings. The van der Waals surface area contributed by atoms with Crippen molar-refractivity contribution in [1.82, 2.24) is 4.98 Å². The molecule has 0 amide bonds. The molecular formula is C8H7NOS2. The Hall–Kier alpha value is -0.870. The number of methoxy groups -OCH3 is 1. The van der Waals surface area contributed by atoms with Crippen molar-refractivity contribution in [2.75, 3.05) is 7.11 Å². The number of thiophene rings is 1. The van der Waals surface area contributed by atoms with E-state index in [1.54, 1.807) is 36.0 Å². The second-order valence-electron chi connectivity index (χ2n) is 2.19. The van der Waals surface area contributed by atoms with Crippen LogP contribution in [0, 0.1) is 0 Å². The maximum atomic E-state index is 5.19. The zero-order valence-corrected chi connectivity index (χ0v) is 8.11. The molecule has 0 fully saturated rings. The van der Waals surface area contributed by atoms with Crippen molar-refractivity contribution in [1.29, 1.82) is 0 Å². The Balaban J connectivity index is 2.46. The van der Waals surface area contributed by atoms with Crippen molar-refractivity contribution in [3.8, 4) is 16.3 Å². The molecule has 2 aromatic heterocycles. The Morgan fingerprint density at radius 1 is 1.42 bits per heavy atom. The molecule has 2 nitrogen and oxygen atoms in total. The van der Waals surface area contributed by atoms with Crippen molar-refractivity contribution in [2.24, 2.45) is 0 Å². The van der Waals surface area contributed by atoms with Crippen LogP contribution < -0.4 is 4.74 Å². The monoisotopic (exact) mass is 197 g/mol. The van der Waals surface area contributed by atoms with E-state index in [-0.39, 0.29) is 0 Å². The van der Waals surface area contributed by atoms with Crippen LogP contribution in [0.2, 0.25) is 0 Å². The molecule has 0 aromatic carbocycles. The molecule has 0 aliphatic rings. The summed E-state index contributed by atoms with van der Waals surface area (Å²) < 4.78 is 5.19. The fourth-order valence-corrected chi connectivity index (χ4v) is 2.47. The topological polar surface area (TPSA) is 22.1 Å². The maximum absolute atomic E-state index is 5.19. The molecule has 0 aliphatic heterocycles. The molecule has 2 heterocycles. The van der Waals surface area contributed by atoms with E-state index in [0.29, 0.717) is 0 Å². The SMILES string of the molecule is COc1cscc1-c1nccs1. The second-order valence-corrected chi connectivity index (χ2v) is 3.83. The molecule has 0 saturated carbocycles. The minimum atomic E-state index is 0.912. The molecule has 62 valence electrons. The normalized spacial score (nSPS) is 10.1. The van der Waals surface area contributed by atoms with E-state index in [1.807, 2.05) is 10.8 Å². The van der Waals surface area contributed by atoms with Gasteiger partial charge in [-0.3, -0.25) is 0 Å². The van der Waals surface area contributed by atoms with Gasteiger partial charge in [-0.2, -0.15) is 0 Å². The van der Waals surface area contributed by atoms with Crippen molar-refractivity contribution < 1.29 is 4.74 Å². The highest BCUT2D eigenvalue weighted by atomic mass is 32.1. The average molecular weight is 197 g/mol. The Morgan fingerprint density at radius 3 is 3.00 bits per heavy atom. The molecule has 0 saturated heterocycles. The van der Waals surface area contributed by atoms with Crippen molar-refractivity contribution in [2.45, 2.75) is 0 Å². The molecule has 0 spiro atoms. The van der Waals surface area contributed by atoms with E-state index in [2.05, 4.69) is 10.4 Å². The van der Waals surface area contributed by atoms with E-state index in [9.17, 15) is 0 Å². The highest BCUT2D eigenvalue weighted by Crippen LogP contribution is 2.34. The lowest BCUT2D eigenvalue weighted by atomic mass is 10.3. The van der Waals surface area contributed by atoms with Crippen LogP contribution in [0.3, 0.4) is 0 Å². The van der Waals surface area contributed by atoms with Gasteiger partial charge in [0.2, 0.25) is 0 Å². The van der Waals surface area contributed by atoms with E-state index in [4.69, 9.17) is 4.74 Å². The van der Waals surface area contributed by atoms with Gasteiger partial charge in [-0.15, -0.1) is 22.7 Å². The second kappa shape index (κ2) is 3.25. The van der Waals surface area contributed by atoms with Crippen LogP contribution in [0.15, 0.2) is 22.3 Å². The minimum Gasteiger partial charge on any atom is -0.495 e. The molecule has 0 atom stereocenters. The first-order valence-corrected chi connectivity index (χ1v) is 5.24. The predicted molar refractivity (Wildman–Crippen MR) is 52.0 cm³/mol. The largest absolute Gasteiger partial charge is 0.495 e. The third-order valence-electron chi connectivity index (χ3n) is 1.51. The minimum absolute atomic E-state index is 0.912. The van der Waals surface area contributed by atoms with Gasteiger partial charge >= 0.3 is 0 Å². The highest BCUT2D eigenvalue weighted by molar-refractivity contribution is 7.14. The van der Waals surface area contributed by atoms with Gasteiger partial charge in [0.25, 0.3) is 0 Å². The molecule has 4 heteroatoms. The summed E-state index contributed by atoms with van der Waals surface area (Å²) in [6.07, 6.45) is 1.80. The van der Waals surface area contributed by atoms with E-state index in [0.717, 1.165) is 16.3 Å². The summed E-state index contributed by atoms with van der Waals surface area (Å²) in [4.78, 5) is 4.21. The van der Waals surface area contributed by atoms with Crippen molar-refractivity contribution in [3.63, 3.8) is 0 Å². The first-order chi connectivity index (χ1) is 5.92. The summed E-state index contributed by atoms with van der Waals surface area (Å²) >= 11 is 3.26. The summed E-state index contributed by atoms with van der Waals surface area (Å²) in [7, 11) is 1.68. The van der Waals surface area contributed by atoms with Crippen LogP contribution in [-0.4, -0.2) is 12.1 Å². The summed E-state index contributed by atoms with van der Waals surface area (Å²) in [5, 5.41) is 7.02. The van der Waals surface area contributed by atoms with Gasteiger partial charge in [0.1, 0.15) is 10.8 Å². The number of nitrogens with zero attached hydrogens (tertiary/aromatic N) is 1. The highest BCUT2D eigenvalue weighted by Gasteiger charge is 2.07. The van der Waals surface area contributed by atoms with Gasteiger partial charge in [-0.25, -0.2) is 4.98 Å². The molecule has 2 rings (SSSR count). The Labute approximate surface area is 78.5 Å². The molecular weight excluding hydrogens is 190 g/mol. The molecule has 0 aliphatic carbocycles. The van der Waals surface area contributed by atoms with Crippen LogP contribution in [0.5, 0.6) is 5.75 Å². The number of rotatable bonds is 2. The van der Waals surface area contributed by atoms with Gasteiger partial charge < -0.3 is 4.74 Å². The van der Waals surface area contributed by atoms with Gasteiger partial charge in [-0.1, -0.05) is 0 Å². The Kier molecular flexibility index (Phi) is 2.10. The summed E-state index contributed by atoms with van der Waals surface area (Å²) in [6.45, 7) is 0. The lowest BCUT2D eigenvalue weighted by Crippen LogP contribution is -1.81. The van der Waals surface area contributed by atoms with Crippen LogP contribution in [0.1, 0.15) is 0 Å². The maximum Gasteiger partial charge on any atom is 0.139 e. The molecule has 0 N–H and O–H groups in total. The van der Waals surface area contributed by atoms with E-state index >= 15 is 0 Å². The predicted octanol–water partition coefficient (Wildman–Crippen LogP) is 2.88. The first-order valence-electron chi connectivity index (χ1n) is 3.42. The zero-order valence-electron chi connectivity index (χ0n) is 6.48. The fourth-order valence-electron chi connectivity index (χ4n) is 0.956. The van der Waals surface area contributed by atoms with Gasteiger partial charge in [0, 0.05) is 22.3 Å². The van der Waals surface area contributed by atoms with E-state index in [1.165, 1.54) is 0 Å². The summed E-state index contributed by atoms with van der Waals surface area (Å²) in [5.74, 6) is 0.912. The standard InChI is InChI=1S/C8H7NOS2/c1-10-7-5-11-4-6(7)8-9-2-3-12-8/h2-5H,1H3. The number of ether oxygens (including phenoxy) is 1. The smallest absolute Gasteiger partial charge is 0.139 e. The van der Waals surface area contributed by atoms with Crippen LogP contribution in [-0.2, 0) is 0 Å². The first kappa shape index (κ1) is 7.76. The molecule has 0 bridgehead atoms. The van der Waals surface area contributed by atoms with Crippen molar-refractivity contribution >= 4 is 22.7 Å². The number of aromatic nitrogens is 1. The average Bonchev–Trinajstić information content (AvgIpc) is 2.74. The molecule has 0 radical (unpaired) electrons. The third-order valence-corrected chi connectivity index (χ3v) is 3.04. The van der Waals surface area contributed by atoms with Crippen LogP contribution in [0.4, 0.5) is 0 Å². The lowest BCUT2D eigenvalue weighted by Gasteiger charge is -1.97. The molecule has 12 heavy (non-hydrogen) atoms. The number of hydrogen-bond donors (Lipinski definition) is 0. The Morgan fingerprint density at radius 2 is 2.33 bits per heavy atom. The van der Waals surface area contributed by atoms with Crippen LogP contribution in [0.25, 0.3) is 10.6 Å². The Bertz CT molecular complexity index is 353. The van der Waals surface area contributed by atoms with Gasteiger partial charge in [-0.05, 0) is 0 Å². The fraction of sp³-hybridized carbons (Fsp3) is 0.125. The summed E-state index contributed by atoms with van der Waals surface area (Å²) in [6, 6.07) is 0. The third kappa shape index (κ3) is 1.23. The van der Waals surface area contributed by atoms with E-state index < -0.39 is 0 Å².